The number of anilines is 2. The highest BCUT2D eigenvalue weighted by Gasteiger charge is 2.28. The third kappa shape index (κ3) is 7.35. The number of carbonyl (C=O) groups is 1. The number of aryl methyl sites for hydroxylation is 1. The number of nitrogens with one attached hydrogen (secondary N) is 2. The zero-order valence-corrected chi connectivity index (χ0v) is 25.9. The first-order valence-corrected chi connectivity index (χ1v) is 15.0. The molecule has 0 bridgehead atoms. The molecule has 4 aromatic rings. The van der Waals surface area contributed by atoms with Crippen molar-refractivity contribution >= 4 is 28.5 Å². The van der Waals surface area contributed by atoms with Crippen molar-refractivity contribution < 1.29 is 14.3 Å². The predicted octanol–water partition coefficient (Wildman–Crippen LogP) is 7.18. The normalized spacial score (nSPS) is 15.7. The molecule has 1 fully saturated rings. The zero-order valence-electron chi connectivity index (χ0n) is 25.9. The Balaban J connectivity index is 1.38. The van der Waals surface area contributed by atoms with Crippen LogP contribution in [0.25, 0.3) is 22.0 Å². The molecule has 0 unspecified atom stereocenters. The topological polar surface area (TPSA) is 125 Å². The Kier molecular flexibility index (Phi) is 9.14. The van der Waals surface area contributed by atoms with Crippen LogP contribution in [0.15, 0.2) is 60.9 Å². The minimum atomic E-state index is -0.543. The van der Waals surface area contributed by atoms with Crippen LogP contribution in [0.3, 0.4) is 0 Å². The summed E-state index contributed by atoms with van der Waals surface area (Å²) in [6.45, 7) is 11.2. The lowest BCUT2D eigenvalue weighted by Gasteiger charge is -2.34. The molecule has 2 aromatic carbocycles. The number of nitrogens with zero attached hydrogens (tertiary/aromatic N) is 5. The summed E-state index contributed by atoms with van der Waals surface area (Å²) >= 11 is 0. The molecule has 10 nitrogen and oxygen atoms in total. The molecule has 2 N–H and O–H groups in total. The molecule has 1 aliphatic rings. The molecule has 2 atom stereocenters. The van der Waals surface area contributed by atoms with Gasteiger partial charge >= 0.3 is 6.09 Å². The van der Waals surface area contributed by atoms with Gasteiger partial charge in [-0.05, 0) is 77.3 Å². The molecule has 228 valence electrons. The molecule has 0 saturated carbocycles. The second kappa shape index (κ2) is 13.2. The minimum Gasteiger partial charge on any atom is -0.444 e. The van der Waals surface area contributed by atoms with Gasteiger partial charge in [-0.15, -0.1) is 0 Å². The van der Waals surface area contributed by atoms with E-state index in [-0.39, 0.29) is 18.1 Å². The Bertz CT molecular complexity index is 1680. The van der Waals surface area contributed by atoms with Crippen LogP contribution in [0.2, 0.25) is 0 Å². The van der Waals surface area contributed by atoms with E-state index in [4.69, 9.17) is 14.5 Å². The van der Waals surface area contributed by atoms with Crippen LogP contribution in [-0.2, 0) is 4.74 Å². The van der Waals surface area contributed by atoms with Gasteiger partial charge in [-0.3, -0.25) is 0 Å². The van der Waals surface area contributed by atoms with E-state index in [9.17, 15) is 10.1 Å². The van der Waals surface area contributed by atoms with Crippen molar-refractivity contribution in [3.05, 3.63) is 66.5 Å². The third-order valence-electron chi connectivity index (χ3n) is 7.34. The van der Waals surface area contributed by atoms with E-state index >= 15 is 0 Å². The highest BCUT2D eigenvalue weighted by molar-refractivity contribution is 5.98. The fourth-order valence-corrected chi connectivity index (χ4v) is 5.15. The van der Waals surface area contributed by atoms with Crippen LogP contribution in [0.5, 0.6) is 11.6 Å². The van der Waals surface area contributed by atoms with Gasteiger partial charge in [0.15, 0.2) is 0 Å². The standard InChI is InChI=1S/C34H39N7O3/c1-22(19-35)20-38-28-12-6-10-26-25(28)14-13-23(2)30(26)43-31-27(11-7-16-36-31)29-15-17-37-32(40-29)39-24-9-8-18-41(21-24)33(42)44-34(3,4)5/h6-7,10-17,22,24,38H,8-9,18,20-21H2,1-5H3,(H,37,39,40)/t22-,24-/m0/s1. The SMILES string of the molecule is Cc1ccc2c(NC[C@@H](C)C#N)cccc2c1Oc1ncccc1-c1ccnc(N[C@H]2CCCN(C(=O)OC(C)(C)C)C2)n1. The van der Waals surface area contributed by atoms with Crippen molar-refractivity contribution in [2.75, 3.05) is 30.3 Å². The lowest BCUT2D eigenvalue weighted by atomic mass is 10.0. The average Bonchev–Trinajstić information content (AvgIpc) is 3.01. The molecule has 1 amide bonds. The summed E-state index contributed by atoms with van der Waals surface area (Å²) in [5.74, 6) is 1.49. The first kappa shape index (κ1) is 30.5. The van der Waals surface area contributed by atoms with Crippen LogP contribution in [0, 0.1) is 24.2 Å². The summed E-state index contributed by atoms with van der Waals surface area (Å²) in [6.07, 6.45) is 4.85. The first-order chi connectivity index (χ1) is 21.1. The van der Waals surface area contributed by atoms with E-state index in [1.807, 2.05) is 77.1 Å². The lowest BCUT2D eigenvalue weighted by molar-refractivity contribution is 0.0206. The highest BCUT2D eigenvalue weighted by Crippen LogP contribution is 2.38. The van der Waals surface area contributed by atoms with Gasteiger partial charge in [-0.1, -0.05) is 24.3 Å². The number of fused-ring (bicyclic) bond motifs is 1. The highest BCUT2D eigenvalue weighted by atomic mass is 16.6. The van der Waals surface area contributed by atoms with Crippen LogP contribution >= 0.6 is 0 Å². The number of benzene rings is 2. The fourth-order valence-electron chi connectivity index (χ4n) is 5.15. The van der Waals surface area contributed by atoms with Crippen molar-refractivity contribution in [2.24, 2.45) is 5.92 Å². The number of hydrogen-bond acceptors (Lipinski definition) is 9. The van der Waals surface area contributed by atoms with Crippen LogP contribution in [-0.4, -0.2) is 57.2 Å². The molecule has 2 aromatic heterocycles. The molecule has 1 aliphatic heterocycles. The molecule has 10 heteroatoms. The van der Waals surface area contributed by atoms with Gasteiger partial charge in [0.25, 0.3) is 0 Å². The summed E-state index contributed by atoms with van der Waals surface area (Å²) in [5.41, 5.74) is 2.75. The molecule has 0 radical (unpaired) electrons. The molecule has 0 aliphatic carbocycles. The number of aromatic nitrogens is 3. The quantitative estimate of drug-likeness (QED) is 0.219. The summed E-state index contributed by atoms with van der Waals surface area (Å²) in [4.78, 5) is 28.2. The van der Waals surface area contributed by atoms with Gasteiger partial charge < -0.3 is 25.0 Å². The van der Waals surface area contributed by atoms with Crippen molar-refractivity contribution in [1.82, 2.24) is 19.9 Å². The Morgan fingerprint density at radius 2 is 1.95 bits per heavy atom. The number of piperidine rings is 1. The molecule has 44 heavy (non-hydrogen) atoms. The summed E-state index contributed by atoms with van der Waals surface area (Å²) in [7, 11) is 0. The van der Waals surface area contributed by atoms with Crippen molar-refractivity contribution in [2.45, 2.75) is 59.1 Å². The maximum Gasteiger partial charge on any atom is 0.410 e. The number of amides is 1. The maximum atomic E-state index is 12.6. The molecule has 0 spiro atoms. The van der Waals surface area contributed by atoms with Gasteiger partial charge in [0.1, 0.15) is 11.4 Å². The van der Waals surface area contributed by atoms with Gasteiger partial charge in [-0.25, -0.2) is 19.7 Å². The maximum absolute atomic E-state index is 12.6. The molecule has 5 rings (SSSR count). The van der Waals surface area contributed by atoms with Crippen molar-refractivity contribution in [3.63, 3.8) is 0 Å². The lowest BCUT2D eigenvalue weighted by Crippen LogP contribution is -2.47. The molecule has 3 heterocycles. The Labute approximate surface area is 258 Å². The van der Waals surface area contributed by atoms with E-state index in [1.54, 1.807) is 17.3 Å². The van der Waals surface area contributed by atoms with Crippen LogP contribution in [0.4, 0.5) is 16.4 Å². The van der Waals surface area contributed by atoms with Crippen LogP contribution in [0.1, 0.15) is 46.1 Å². The van der Waals surface area contributed by atoms with E-state index in [2.05, 4.69) is 32.7 Å². The minimum absolute atomic E-state index is 0.00609. The number of pyridine rings is 1. The van der Waals surface area contributed by atoms with Crippen molar-refractivity contribution in [1.29, 1.82) is 5.26 Å². The third-order valence-corrected chi connectivity index (χ3v) is 7.34. The predicted molar refractivity (Wildman–Crippen MR) is 172 cm³/mol. The number of ether oxygens (including phenoxy) is 2. The Morgan fingerprint density at radius 3 is 2.75 bits per heavy atom. The monoisotopic (exact) mass is 593 g/mol. The number of nitriles is 1. The van der Waals surface area contributed by atoms with E-state index < -0.39 is 5.60 Å². The van der Waals surface area contributed by atoms with Crippen molar-refractivity contribution in [3.8, 4) is 29.0 Å². The van der Waals surface area contributed by atoms with E-state index in [0.717, 1.165) is 40.4 Å². The summed E-state index contributed by atoms with van der Waals surface area (Å²) in [6, 6.07) is 18.0. The second-order valence-corrected chi connectivity index (χ2v) is 12.2. The van der Waals surface area contributed by atoms with Crippen LogP contribution < -0.4 is 15.4 Å². The van der Waals surface area contributed by atoms with Gasteiger partial charge in [0, 0.05) is 54.5 Å². The number of likely N-dealkylation sites (tertiary alicyclic amines) is 1. The number of rotatable bonds is 8. The van der Waals surface area contributed by atoms with Gasteiger partial charge in [-0.2, -0.15) is 5.26 Å². The smallest absolute Gasteiger partial charge is 0.410 e. The zero-order chi connectivity index (χ0) is 31.3. The summed E-state index contributed by atoms with van der Waals surface area (Å²) in [5, 5.41) is 18.0. The van der Waals surface area contributed by atoms with E-state index in [1.165, 1.54) is 0 Å². The second-order valence-electron chi connectivity index (χ2n) is 12.2. The molecular weight excluding hydrogens is 554 g/mol. The summed E-state index contributed by atoms with van der Waals surface area (Å²) < 4.78 is 12.1. The molecular formula is C34H39N7O3. The Hall–Kier alpha value is -4.91. The first-order valence-electron chi connectivity index (χ1n) is 15.0. The molecule has 1 saturated heterocycles. The largest absolute Gasteiger partial charge is 0.444 e. The van der Waals surface area contributed by atoms with E-state index in [0.29, 0.717) is 42.9 Å². The Morgan fingerprint density at radius 1 is 1.11 bits per heavy atom. The van der Waals surface area contributed by atoms with Gasteiger partial charge in [0.2, 0.25) is 11.8 Å². The average molecular weight is 594 g/mol. The fraction of sp³-hybridized carbons (Fsp3) is 0.382. The number of hydrogen-bond donors (Lipinski definition) is 2. The number of carbonyl (C=O) groups excluding carboxylic acids is 1. The van der Waals surface area contributed by atoms with Gasteiger partial charge in [0.05, 0.1) is 23.2 Å².